The van der Waals surface area contributed by atoms with Crippen LogP contribution < -0.4 is 10.6 Å². The van der Waals surface area contributed by atoms with Gasteiger partial charge < -0.3 is 15.7 Å². The minimum absolute atomic E-state index is 0.183. The summed E-state index contributed by atoms with van der Waals surface area (Å²) in [5, 5.41) is 9.25. The van der Waals surface area contributed by atoms with E-state index >= 15 is 0 Å². The highest BCUT2D eigenvalue weighted by molar-refractivity contribution is 6.00. The molecule has 0 aliphatic heterocycles. The monoisotopic (exact) mass is 268 g/mol. The van der Waals surface area contributed by atoms with Crippen molar-refractivity contribution in [2.24, 2.45) is 5.73 Å². The molecular formula is C13H17FN2O3. The van der Waals surface area contributed by atoms with Gasteiger partial charge in [-0.15, -0.1) is 0 Å². The van der Waals surface area contributed by atoms with Crippen molar-refractivity contribution in [2.75, 3.05) is 11.4 Å². The van der Waals surface area contributed by atoms with Crippen molar-refractivity contribution in [1.82, 2.24) is 0 Å². The number of nitrogens with zero attached hydrogens (tertiary/aromatic N) is 1. The predicted molar refractivity (Wildman–Crippen MR) is 69.7 cm³/mol. The van der Waals surface area contributed by atoms with Crippen LogP contribution in [0.4, 0.5) is 10.1 Å². The van der Waals surface area contributed by atoms with Gasteiger partial charge in [0.1, 0.15) is 11.4 Å². The van der Waals surface area contributed by atoms with Gasteiger partial charge in [-0.05, 0) is 32.9 Å². The summed E-state index contributed by atoms with van der Waals surface area (Å²) in [6, 6.07) is 4.01. The second kappa shape index (κ2) is 5.26. The lowest BCUT2D eigenvalue weighted by molar-refractivity contribution is -0.142. The fraction of sp³-hybridized carbons (Fsp3) is 0.385. The van der Waals surface area contributed by atoms with Crippen LogP contribution in [0.5, 0.6) is 0 Å². The lowest BCUT2D eigenvalue weighted by atomic mass is 9.99. The van der Waals surface area contributed by atoms with E-state index in [2.05, 4.69) is 0 Å². The minimum atomic E-state index is -1.28. The Hall–Kier alpha value is -2.11. The molecule has 0 saturated heterocycles. The summed E-state index contributed by atoms with van der Waals surface area (Å²) >= 11 is 0. The van der Waals surface area contributed by atoms with E-state index in [0.717, 1.165) is 6.07 Å². The Morgan fingerprint density at radius 3 is 2.42 bits per heavy atom. The number of carboxylic acid groups (broad SMARTS) is 1. The predicted octanol–water partition coefficient (Wildman–Crippen LogP) is 1.61. The molecule has 5 nitrogen and oxygen atoms in total. The van der Waals surface area contributed by atoms with E-state index in [1.165, 1.54) is 30.9 Å². The molecule has 0 fully saturated rings. The quantitative estimate of drug-likeness (QED) is 0.849. The smallest absolute Gasteiger partial charge is 0.328 e. The number of carbonyl (C=O) groups is 2. The number of aliphatic carboxylic acids is 1. The summed E-state index contributed by atoms with van der Waals surface area (Å²) in [4.78, 5) is 24.1. The Balaban J connectivity index is 3.47. The van der Waals surface area contributed by atoms with Gasteiger partial charge in [0.15, 0.2) is 0 Å². The van der Waals surface area contributed by atoms with E-state index in [9.17, 15) is 19.1 Å². The van der Waals surface area contributed by atoms with Gasteiger partial charge in [0.2, 0.25) is 0 Å². The summed E-state index contributed by atoms with van der Waals surface area (Å²) in [5.74, 6) is -2.76. The van der Waals surface area contributed by atoms with Crippen LogP contribution in [-0.4, -0.2) is 29.1 Å². The van der Waals surface area contributed by atoms with Crippen molar-refractivity contribution in [2.45, 2.75) is 26.3 Å². The fourth-order valence-electron chi connectivity index (χ4n) is 1.96. The molecule has 3 N–H and O–H groups in total. The largest absolute Gasteiger partial charge is 0.480 e. The van der Waals surface area contributed by atoms with Crippen LogP contribution in [0, 0.1) is 5.82 Å². The maximum Gasteiger partial charge on any atom is 0.328 e. The molecule has 0 spiro atoms. The van der Waals surface area contributed by atoms with E-state index in [0.29, 0.717) is 6.54 Å². The van der Waals surface area contributed by atoms with E-state index in [4.69, 9.17) is 5.73 Å². The van der Waals surface area contributed by atoms with E-state index in [-0.39, 0.29) is 11.3 Å². The molecule has 0 unspecified atom stereocenters. The molecule has 19 heavy (non-hydrogen) atoms. The zero-order valence-electron chi connectivity index (χ0n) is 11.1. The minimum Gasteiger partial charge on any atom is -0.480 e. The maximum absolute atomic E-state index is 13.7. The zero-order valence-corrected chi connectivity index (χ0v) is 11.1. The number of amides is 1. The number of anilines is 1. The number of halogens is 1. The second-order valence-electron chi connectivity index (χ2n) is 4.61. The first-order chi connectivity index (χ1) is 8.73. The lowest BCUT2D eigenvalue weighted by Gasteiger charge is -2.37. The van der Waals surface area contributed by atoms with E-state index in [1.54, 1.807) is 6.92 Å². The lowest BCUT2D eigenvalue weighted by Crippen LogP contribution is -2.51. The summed E-state index contributed by atoms with van der Waals surface area (Å²) < 4.78 is 13.7. The molecular weight excluding hydrogens is 251 g/mol. The highest BCUT2D eigenvalue weighted by atomic mass is 19.1. The Morgan fingerprint density at radius 1 is 1.42 bits per heavy atom. The molecule has 0 heterocycles. The van der Waals surface area contributed by atoms with Crippen molar-refractivity contribution in [3.05, 3.63) is 29.6 Å². The number of rotatable bonds is 5. The van der Waals surface area contributed by atoms with Crippen LogP contribution in [0.15, 0.2) is 18.2 Å². The number of hydrogen-bond acceptors (Lipinski definition) is 3. The summed E-state index contributed by atoms with van der Waals surface area (Å²) in [7, 11) is 0. The SMILES string of the molecule is CCN(c1cccc(F)c1C(N)=O)C(C)(C)C(=O)O. The number of benzene rings is 1. The first-order valence-electron chi connectivity index (χ1n) is 5.82. The molecule has 0 bridgehead atoms. The Kier molecular flexibility index (Phi) is 4.14. The van der Waals surface area contributed by atoms with E-state index in [1.807, 2.05) is 0 Å². The second-order valence-corrected chi connectivity index (χ2v) is 4.61. The summed E-state index contributed by atoms with van der Waals surface area (Å²) in [6.07, 6.45) is 0. The first-order valence-corrected chi connectivity index (χ1v) is 5.82. The van der Waals surface area contributed by atoms with Crippen molar-refractivity contribution >= 4 is 17.6 Å². The Morgan fingerprint density at radius 2 is 2.00 bits per heavy atom. The standard InChI is InChI=1S/C13H17FN2O3/c1-4-16(13(2,3)12(18)19)9-7-5-6-8(14)10(9)11(15)17/h5-7H,4H2,1-3H3,(H2,15,17)(H,18,19). The van der Waals surface area contributed by atoms with Crippen molar-refractivity contribution in [3.8, 4) is 0 Å². The molecule has 0 aliphatic rings. The average molecular weight is 268 g/mol. The molecule has 104 valence electrons. The molecule has 1 aromatic rings. The number of nitrogens with two attached hydrogens (primary N) is 1. The van der Waals surface area contributed by atoms with Crippen LogP contribution in [-0.2, 0) is 4.79 Å². The number of carboxylic acids is 1. The molecule has 1 rings (SSSR count). The number of primary amides is 1. The highest BCUT2D eigenvalue weighted by Crippen LogP contribution is 2.29. The molecule has 0 radical (unpaired) electrons. The number of hydrogen-bond donors (Lipinski definition) is 2. The molecule has 6 heteroatoms. The number of carbonyl (C=O) groups excluding carboxylic acids is 1. The van der Waals surface area contributed by atoms with Gasteiger partial charge in [0, 0.05) is 6.54 Å². The van der Waals surface area contributed by atoms with Gasteiger partial charge in [-0.25, -0.2) is 9.18 Å². The van der Waals surface area contributed by atoms with Crippen LogP contribution in [0.25, 0.3) is 0 Å². The van der Waals surface area contributed by atoms with Gasteiger partial charge in [-0.2, -0.15) is 0 Å². The van der Waals surface area contributed by atoms with Gasteiger partial charge in [-0.1, -0.05) is 6.07 Å². The molecule has 0 aromatic heterocycles. The van der Waals surface area contributed by atoms with Crippen molar-refractivity contribution < 1.29 is 19.1 Å². The van der Waals surface area contributed by atoms with Crippen molar-refractivity contribution in [3.63, 3.8) is 0 Å². The molecule has 0 aliphatic carbocycles. The van der Waals surface area contributed by atoms with Gasteiger partial charge >= 0.3 is 5.97 Å². The first kappa shape index (κ1) is 14.9. The Bertz CT molecular complexity index is 515. The Labute approximate surface area is 110 Å². The van der Waals surface area contributed by atoms with Crippen LogP contribution in [0.2, 0.25) is 0 Å². The maximum atomic E-state index is 13.7. The topological polar surface area (TPSA) is 83.6 Å². The van der Waals surface area contributed by atoms with Crippen LogP contribution in [0.1, 0.15) is 31.1 Å². The van der Waals surface area contributed by atoms with Gasteiger partial charge in [0.25, 0.3) is 5.91 Å². The van der Waals surface area contributed by atoms with Gasteiger partial charge in [-0.3, -0.25) is 4.79 Å². The molecule has 1 aromatic carbocycles. The summed E-state index contributed by atoms with van der Waals surface area (Å²) in [6.45, 7) is 4.98. The molecule has 0 atom stereocenters. The highest BCUT2D eigenvalue weighted by Gasteiger charge is 2.36. The van der Waals surface area contributed by atoms with Crippen LogP contribution in [0.3, 0.4) is 0 Å². The van der Waals surface area contributed by atoms with Crippen molar-refractivity contribution in [1.29, 1.82) is 0 Å². The van der Waals surface area contributed by atoms with Gasteiger partial charge in [0.05, 0.1) is 11.3 Å². The molecule has 1 amide bonds. The number of likely N-dealkylation sites (N-methyl/N-ethyl adjacent to an activating group) is 1. The zero-order chi connectivity index (χ0) is 14.8. The average Bonchev–Trinajstić information content (AvgIpc) is 2.28. The molecule has 0 saturated carbocycles. The third kappa shape index (κ3) is 2.67. The van der Waals surface area contributed by atoms with E-state index < -0.39 is 23.2 Å². The third-order valence-corrected chi connectivity index (χ3v) is 3.04. The fourth-order valence-corrected chi connectivity index (χ4v) is 1.96. The van der Waals surface area contributed by atoms with Crippen LogP contribution >= 0.6 is 0 Å². The summed E-state index contributed by atoms with van der Waals surface area (Å²) in [5.41, 5.74) is 3.78. The third-order valence-electron chi connectivity index (χ3n) is 3.04. The normalized spacial score (nSPS) is 11.2.